The Kier molecular flexibility index (Phi) is 11.8. The van der Waals surface area contributed by atoms with E-state index < -0.39 is 0 Å². The van der Waals surface area contributed by atoms with E-state index in [9.17, 15) is 0 Å². The summed E-state index contributed by atoms with van der Waals surface area (Å²) in [5.74, 6) is 0. The second-order valence-corrected chi connectivity index (χ2v) is 4.62. The van der Waals surface area contributed by atoms with Crippen LogP contribution >= 0.6 is 0 Å². The minimum absolute atomic E-state index is 0.867. The van der Waals surface area contributed by atoms with E-state index in [1.54, 1.807) is 0 Å². The quantitative estimate of drug-likeness (QED) is 0.679. The number of anilines is 1. The summed E-state index contributed by atoms with van der Waals surface area (Å²) in [5, 5.41) is 0. The van der Waals surface area contributed by atoms with Crippen LogP contribution in [0.3, 0.4) is 0 Å². The van der Waals surface area contributed by atoms with Crippen molar-refractivity contribution in [3.8, 4) is 0 Å². The van der Waals surface area contributed by atoms with Crippen molar-refractivity contribution in [3.63, 3.8) is 0 Å². The fraction of sp³-hybridized carbons (Fsp3) is 0.647. The molecule has 0 radical (unpaired) electrons. The van der Waals surface area contributed by atoms with Gasteiger partial charge in [-0.3, -0.25) is 0 Å². The number of benzene rings is 1. The first-order valence-corrected chi connectivity index (χ1v) is 7.67. The van der Waals surface area contributed by atoms with Crippen molar-refractivity contribution >= 4 is 5.69 Å². The van der Waals surface area contributed by atoms with Crippen LogP contribution in [0, 0.1) is 0 Å². The first-order valence-electron chi connectivity index (χ1n) is 7.67. The summed E-state index contributed by atoms with van der Waals surface area (Å²) in [5.41, 5.74) is 7.79. The van der Waals surface area contributed by atoms with Crippen LogP contribution < -0.4 is 5.73 Å². The summed E-state index contributed by atoms with van der Waals surface area (Å²) in [7, 11) is 0. The summed E-state index contributed by atoms with van der Waals surface area (Å²) in [4.78, 5) is 0. The molecular formula is C17H31N. The second kappa shape index (κ2) is 12.5. The number of nitrogens with two attached hydrogens (primary N) is 1. The topological polar surface area (TPSA) is 26.0 Å². The Balaban J connectivity index is 0.000000308. The number of rotatable bonds is 2. The lowest BCUT2D eigenvalue weighted by Gasteiger charge is -2.05. The number of hydrogen-bond acceptors (Lipinski definition) is 1. The number of nitrogen functional groups attached to an aromatic ring is 1. The standard InChI is InChI=1S/C9H13N.C6H12.C2H6/c1-2-4-8-5-3-6-9(10)7-8;1-2-4-6-5-3-1;1-2/h3,5-7H,2,4,10H2,1H3;1-6H2;1-2H3. The maximum atomic E-state index is 5.59. The van der Waals surface area contributed by atoms with E-state index in [1.165, 1.54) is 50.5 Å². The van der Waals surface area contributed by atoms with Crippen molar-refractivity contribution in [2.45, 2.75) is 72.1 Å². The molecule has 0 bridgehead atoms. The third-order valence-corrected chi connectivity index (χ3v) is 2.99. The Morgan fingerprint density at radius 3 is 1.83 bits per heavy atom. The Morgan fingerprint density at radius 1 is 0.944 bits per heavy atom. The summed E-state index contributed by atoms with van der Waals surface area (Å²) in [6.07, 6.45) is 11.3. The van der Waals surface area contributed by atoms with Crippen molar-refractivity contribution < 1.29 is 0 Å². The van der Waals surface area contributed by atoms with E-state index in [0.717, 1.165) is 12.1 Å². The molecule has 0 aromatic heterocycles. The van der Waals surface area contributed by atoms with E-state index in [0.29, 0.717) is 0 Å². The monoisotopic (exact) mass is 249 g/mol. The molecule has 0 spiro atoms. The van der Waals surface area contributed by atoms with Crippen molar-refractivity contribution in [3.05, 3.63) is 29.8 Å². The van der Waals surface area contributed by atoms with Crippen molar-refractivity contribution in [2.24, 2.45) is 0 Å². The third-order valence-electron chi connectivity index (χ3n) is 2.99. The lowest BCUT2D eigenvalue weighted by molar-refractivity contribution is 0.504. The molecule has 0 aliphatic heterocycles. The molecule has 2 N–H and O–H groups in total. The molecule has 1 aromatic rings. The minimum atomic E-state index is 0.867. The molecule has 1 aliphatic carbocycles. The molecule has 1 nitrogen and oxygen atoms in total. The smallest absolute Gasteiger partial charge is 0.0316 e. The maximum Gasteiger partial charge on any atom is 0.0316 e. The molecule has 1 aliphatic rings. The molecule has 1 aromatic carbocycles. The van der Waals surface area contributed by atoms with Crippen LogP contribution in [-0.4, -0.2) is 0 Å². The van der Waals surface area contributed by atoms with Gasteiger partial charge in [-0.25, -0.2) is 0 Å². The molecular weight excluding hydrogens is 218 g/mol. The zero-order chi connectivity index (χ0) is 13.6. The highest BCUT2D eigenvalue weighted by Gasteiger charge is 1.95. The number of aryl methyl sites for hydroxylation is 1. The Hall–Kier alpha value is -0.980. The van der Waals surface area contributed by atoms with E-state index >= 15 is 0 Å². The van der Waals surface area contributed by atoms with E-state index in [2.05, 4.69) is 13.0 Å². The van der Waals surface area contributed by atoms with Gasteiger partial charge in [-0.05, 0) is 24.1 Å². The van der Waals surface area contributed by atoms with E-state index in [-0.39, 0.29) is 0 Å². The van der Waals surface area contributed by atoms with Crippen LogP contribution in [0.2, 0.25) is 0 Å². The van der Waals surface area contributed by atoms with Gasteiger partial charge in [-0.2, -0.15) is 0 Å². The SMILES string of the molecule is C1CCCCC1.CC.CCCc1cccc(N)c1. The van der Waals surface area contributed by atoms with Crippen LogP contribution in [-0.2, 0) is 6.42 Å². The average Bonchev–Trinajstić information content (AvgIpc) is 2.44. The predicted octanol–water partition coefficient (Wildman–Crippen LogP) is 5.59. The van der Waals surface area contributed by atoms with Crippen LogP contribution in [0.1, 0.15) is 71.3 Å². The molecule has 0 heterocycles. The molecule has 0 unspecified atom stereocenters. The Bertz CT molecular complexity index is 265. The normalized spacial score (nSPS) is 13.7. The number of hydrogen-bond donors (Lipinski definition) is 1. The fourth-order valence-electron chi connectivity index (χ4n) is 2.10. The van der Waals surface area contributed by atoms with Crippen LogP contribution in [0.15, 0.2) is 24.3 Å². The molecule has 1 fully saturated rings. The van der Waals surface area contributed by atoms with Gasteiger partial charge in [0.15, 0.2) is 0 Å². The van der Waals surface area contributed by atoms with Gasteiger partial charge in [0.2, 0.25) is 0 Å². The maximum absolute atomic E-state index is 5.59. The molecule has 0 saturated heterocycles. The molecule has 2 rings (SSSR count). The van der Waals surface area contributed by atoms with Gasteiger partial charge in [-0.15, -0.1) is 0 Å². The minimum Gasteiger partial charge on any atom is -0.399 e. The largest absolute Gasteiger partial charge is 0.399 e. The average molecular weight is 249 g/mol. The highest BCUT2D eigenvalue weighted by molar-refractivity contribution is 5.40. The zero-order valence-corrected chi connectivity index (χ0v) is 12.5. The van der Waals surface area contributed by atoms with E-state index in [4.69, 9.17) is 5.73 Å². The summed E-state index contributed by atoms with van der Waals surface area (Å²) >= 11 is 0. The molecule has 0 atom stereocenters. The van der Waals surface area contributed by atoms with Gasteiger partial charge in [0, 0.05) is 5.69 Å². The molecule has 0 amide bonds. The predicted molar refractivity (Wildman–Crippen MR) is 83.9 cm³/mol. The van der Waals surface area contributed by atoms with Crippen molar-refractivity contribution in [2.75, 3.05) is 5.73 Å². The Morgan fingerprint density at radius 2 is 1.44 bits per heavy atom. The third kappa shape index (κ3) is 9.09. The second-order valence-electron chi connectivity index (χ2n) is 4.62. The van der Waals surface area contributed by atoms with Crippen LogP contribution in [0.5, 0.6) is 0 Å². The molecule has 1 heteroatoms. The van der Waals surface area contributed by atoms with Gasteiger partial charge < -0.3 is 5.73 Å². The van der Waals surface area contributed by atoms with Crippen molar-refractivity contribution in [1.29, 1.82) is 0 Å². The first-order chi connectivity index (χ1) is 8.83. The van der Waals surface area contributed by atoms with Gasteiger partial charge in [0.25, 0.3) is 0 Å². The lowest BCUT2D eigenvalue weighted by atomic mass is 10.0. The van der Waals surface area contributed by atoms with Gasteiger partial charge in [0.1, 0.15) is 0 Å². The molecule has 1 saturated carbocycles. The highest BCUT2D eigenvalue weighted by Crippen LogP contribution is 2.15. The fourth-order valence-corrected chi connectivity index (χ4v) is 2.10. The van der Waals surface area contributed by atoms with Crippen LogP contribution in [0.25, 0.3) is 0 Å². The first kappa shape index (κ1) is 17.0. The Labute approximate surface area is 114 Å². The zero-order valence-electron chi connectivity index (χ0n) is 12.5. The summed E-state index contributed by atoms with van der Waals surface area (Å²) < 4.78 is 0. The summed E-state index contributed by atoms with van der Waals surface area (Å²) in [6, 6.07) is 8.06. The molecule has 18 heavy (non-hydrogen) atoms. The lowest BCUT2D eigenvalue weighted by Crippen LogP contribution is -1.87. The summed E-state index contributed by atoms with van der Waals surface area (Å²) in [6.45, 7) is 6.17. The van der Waals surface area contributed by atoms with Gasteiger partial charge in [0.05, 0.1) is 0 Å². The molecule has 104 valence electrons. The van der Waals surface area contributed by atoms with E-state index in [1.807, 2.05) is 32.0 Å². The van der Waals surface area contributed by atoms with Gasteiger partial charge in [-0.1, -0.05) is 77.8 Å². The highest BCUT2D eigenvalue weighted by atomic mass is 14.5. The van der Waals surface area contributed by atoms with Gasteiger partial charge >= 0.3 is 0 Å². The van der Waals surface area contributed by atoms with Crippen molar-refractivity contribution in [1.82, 2.24) is 0 Å². The van der Waals surface area contributed by atoms with Crippen LogP contribution in [0.4, 0.5) is 5.69 Å².